The van der Waals surface area contributed by atoms with E-state index in [1.54, 1.807) is 24.3 Å². The van der Waals surface area contributed by atoms with Crippen LogP contribution in [0.2, 0.25) is 0 Å². The number of allylic oxidation sites excluding steroid dienone is 1. The summed E-state index contributed by atoms with van der Waals surface area (Å²) in [4.78, 5) is 13.7. The molecule has 0 unspecified atom stereocenters. The van der Waals surface area contributed by atoms with E-state index in [9.17, 15) is 13.2 Å². The molecule has 0 saturated heterocycles. The number of carboxylic acid groups (broad SMARTS) is 1. The fourth-order valence-corrected chi connectivity index (χ4v) is 4.70. The van der Waals surface area contributed by atoms with Gasteiger partial charge in [0.1, 0.15) is 9.93 Å². The second-order valence-electron chi connectivity index (χ2n) is 4.52. The summed E-state index contributed by atoms with van der Waals surface area (Å²) in [6.07, 6.45) is 2.42. The van der Waals surface area contributed by atoms with E-state index in [2.05, 4.69) is 9.71 Å². The minimum absolute atomic E-state index is 0.0195. The first kappa shape index (κ1) is 14.0. The van der Waals surface area contributed by atoms with Crippen LogP contribution in [0.5, 0.6) is 0 Å². The summed E-state index contributed by atoms with van der Waals surface area (Å²) in [5.41, 5.74) is 0.821. The summed E-state index contributed by atoms with van der Waals surface area (Å²) < 4.78 is 27.3. The van der Waals surface area contributed by atoms with Crippen LogP contribution in [0.15, 0.2) is 34.6 Å². The highest BCUT2D eigenvalue weighted by Crippen LogP contribution is 2.32. The maximum atomic E-state index is 12.3. The van der Waals surface area contributed by atoms with Gasteiger partial charge in [-0.05, 0) is 18.6 Å². The Balaban J connectivity index is 2.02. The van der Waals surface area contributed by atoms with Crippen molar-refractivity contribution in [1.29, 1.82) is 0 Å². The normalized spacial score (nSPS) is 15.1. The highest BCUT2D eigenvalue weighted by atomic mass is 32.3. The number of nitrogens with one attached hydrogen (secondary N) is 2. The molecular formula is C13H12N2O4S2. The third-order valence-electron chi connectivity index (χ3n) is 3.07. The number of hydrogen-bond donors (Lipinski definition) is 3. The molecule has 1 aromatic carbocycles. The van der Waals surface area contributed by atoms with Crippen molar-refractivity contribution in [2.45, 2.75) is 6.42 Å². The van der Waals surface area contributed by atoms with Crippen molar-refractivity contribution in [3.8, 4) is 0 Å². The van der Waals surface area contributed by atoms with Crippen LogP contribution in [-0.2, 0) is 10.0 Å². The van der Waals surface area contributed by atoms with Gasteiger partial charge in [-0.15, -0.1) is 11.8 Å². The maximum absolute atomic E-state index is 12.3. The molecule has 1 aliphatic rings. The summed E-state index contributed by atoms with van der Waals surface area (Å²) in [5, 5.41) is 9.64. The van der Waals surface area contributed by atoms with Crippen molar-refractivity contribution in [2.24, 2.45) is 0 Å². The Hall–Kier alpha value is -1.93. The first-order chi connectivity index (χ1) is 9.97. The van der Waals surface area contributed by atoms with Gasteiger partial charge in [0.15, 0.2) is 0 Å². The number of hydrogen-bond acceptors (Lipinski definition) is 4. The Morgan fingerprint density at radius 1 is 1.38 bits per heavy atom. The molecule has 0 saturated carbocycles. The van der Waals surface area contributed by atoms with Crippen molar-refractivity contribution in [3.63, 3.8) is 0 Å². The first-order valence-corrected chi connectivity index (χ1v) is 8.65. The smallest absolute Gasteiger partial charge is 0.352 e. The monoisotopic (exact) mass is 324 g/mol. The molecule has 3 rings (SSSR count). The lowest BCUT2D eigenvalue weighted by molar-refractivity contribution is 0.0691. The Labute approximate surface area is 125 Å². The second kappa shape index (κ2) is 5.12. The Bertz CT molecular complexity index is 852. The van der Waals surface area contributed by atoms with Crippen LogP contribution < -0.4 is 4.72 Å². The molecule has 0 spiro atoms. The number of aromatic amines is 1. The largest absolute Gasteiger partial charge is 0.477 e. The van der Waals surface area contributed by atoms with Crippen molar-refractivity contribution < 1.29 is 18.3 Å². The number of para-hydroxylation sites is 1. The van der Waals surface area contributed by atoms with Gasteiger partial charge < -0.3 is 10.1 Å². The number of aromatic nitrogens is 1. The molecule has 8 heteroatoms. The third kappa shape index (κ3) is 2.64. The average molecular weight is 324 g/mol. The number of H-pyrrole nitrogens is 1. The molecular weight excluding hydrogens is 312 g/mol. The lowest BCUT2D eigenvalue weighted by Crippen LogP contribution is -2.13. The van der Waals surface area contributed by atoms with Gasteiger partial charge in [-0.1, -0.05) is 18.2 Å². The Kier molecular flexibility index (Phi) is 3.42. The van der Waals surface area contributed by atoms with Gasteiger partial charge in [0.05, 0.1) is 11.2 Å². The molecule has 0 amide bonds. The van der Waals surface area contributed by atoms with Crippen molar-refractivity contribution >= 4 is 44.3 Å². The fraction of sp³-hybridized carbons (Fsp3) is 0.154. The third-order valence-corrected chi connectivity index (χ3v) is 6.16. The van der Waals surface area contributed by atoms with Gasteiger partial charge >= 0.3 is 5.97 Å². The zero-order valence-corrected chi connectivity index (χ0v) is 12.4. The lowest BCUT2D eigenvalue weighted by atomic mass is 10.2. The van der Waals surface area contributed by atoms with E-state index < -0.39 is 16.0 Å². The zero-order valence-electron chi connectivity index (χ0n) is 10.8. The van der Waals surface area contributed by atoms with Crippen molar-refractivity contribution in [3.05, 3.63) is 40.3 Å². The molecule has 0 radical (unpaired) electrons. The minimum Gasteiger partial charge on any atom is -0.477 e. The van der Waals surface area contributed by atoms with Gasteiger partial charge in [-0.25, -0.2) is 13.2 Å². The Morgan fingerprint density at radius 3 is 2.86 bits per heavy atom. The maximum Gasteiger partial charge on any atom is 0.352 e. The van der Waals surface area contributed by atoms with E-state index in [1.807, 2.05) is 0 Å². The summed E-state index contributed by atoms with van der Waals surface area (Å²) in [5.74, 6) is -0.333. The fourth-order valence-electron chi connectivity index (χ4n) is 2.13. The predicted octanol–water partition coefficient (Wildman–Crippen LogP) is 2.59. The lowest BCUT2D eigenvalue weighted by Gasteiger charge is -2.09. The highest BCUT2D eigenvalue weighted by Gasteiger charge is 2.22. The van der Waals surface area contributed by atoms with Crippen molar-refractivity contribution in [2.75, 3.05) is 10.5 Å². The van der Waals surface area contributed by atoms with E-state index in [-0.39, 0.29) is 5.69 Å². The number of aromatic carboxylic acids is 1. The number of carbonyl (C=O) groups is 1. The quantitative estimate of drug-likeness (QED) is 0.803. The molecule has 1 aliphatic heterocycles. The Morgan fingerprint density at radius 2 is 2.19 bits per heavy atom. The zero-order chi connectivity index (χ0) is 15.0. The molecule has 6 nitrogen and oxygen atoms in total. The first-order valence-electron chi connectivity index (χ1n) is 6.18. The van der Waals surface area contributed by atoms with E-state index in [0.29, 0.717) is 20.8 Å². The highest BCUT2D eigenvalue weighted by molar-refractivity contribution is 8.19. The number of carboxylic acids is 1. The van der Waals surface area contributed by atoms with Crippen LogP contribution in [0.4, 0.5) is 5.69 Å². The summed E-state index contributed by atoms with van der Waals surface area (Å²) in [6.45, 7) is 0. The summed E-state index contributed by atoms with van der Waals surface area (Å²) in [7, 11) is -3.61. The number of sulfonamides is 1. The van der Waals surface area contributed by atoms with Crippen LogP contribution in [0.25, 0.3) is 10.9 Å². The molecule has 1 aromatic heterocycles. The van der Waals surface area contributed by atoms with E-state index in [4.69, 9.17) is 5.11 Å². The SMILES string of the molecule is O=C(O)c1cc2cccc(NS(=O)(=O)C3=CCCS3)c2[nH]1. The molecule has 0 bridgehead atoms. The molecule has 21 heavy (non-hydrogen) atoms. The number of fused-ring (bicyclic) bond motifs is 1. The molecule has 2 aromatic rings. The summed E-state index contributed by atoms with van der Waals surface area (Å²) >= 11 is 1.29. The average Bonchev–Trinajstić information content (AvgIpc) is 3.08. The molecule has 2 heterocycles. The van der Waals surface area contributed by atoms with Gasteiger partial charge in [0, 0.05) is 11.1 Å². The van der Waals surface area contributed by atoms with Gasteiger partial charge in [-0.3, -0.25) is 4.72 Å². The molecule has 0 atom stereocenters. The standard InChI is InChI=1S/C13H12N2O4S2/c16-13(17)10-7-8-3-1-4-9(12(8)14-10)15-21(18,19)11-5-2-6-20-11/h1,3-5,7,14-15H,2,6H2,(H,16,17). The summed E-state index contributed by atoms with van der Waals surface area (Å²) in [6, 6.07) is 6.47. The topological polar surface area (TPSA) is 99.3 Å². The number of thioether (sulfide) groups is 1. The van der Waals surface area contributed by atoms with Crippen LogP contribution in [0.1, 0.15) is 16.9 Å². The van der Waals surface area contributed by atoms with E-state index in [0.717, 1.165) is 12.2 Å². The van der Waals surface area contributed by atoms with Crippen LogP contribution >= 0.6 is 11.8 Å². The van der Waals surface area contributed by atoms with Crippen LogP contribution in [0.3, 0.4) is 0 Å². The molecule has 3 N–H and O–H groups in total. The van der Waals surface area contributed by atoms with Gasteiger partial charge in [0.25, 0.3) is 10.0 Å². The van der Waals surface area contributed by atoms with Gasteiger partial charge in [-0.2, -0.15) is 0 Å². The van der Waals surface area contributed by atoms with Crippen LogP contribution in [0, 0.1) is 0 Å². The molecule has 110 valence electrons. The molecule has 0 aliphatic carbocycles. The number of benzene rings is 1. The van der Waals surface area contributed by atoms with Gasteiger partial charge in [0.2, 0.25) is 0 Å². The number of rotatable bonds is 4. The molecule has 0 fully saturated rings. The van der Waals surface area contributed by atoms with Crippen molar-refractivity contribution in [1.82, 2.24) is 4.98 Å². The van der Waals surface area contributed by atoms with E-state index >= 15 is 0 Å². The number of anilines is 1. The minimum atomic E-state index is -3.61. The predicted molar refractivity (Wildman–Crippen MR) is 83.0 cm³/mol. The van der Waals surface area contributed by atoms with E-state index in [1.165, 1.54) is 17.8 Å². The van der Waals surface area contributed by atoms with Crippen LogP contribution in [-0.4, -0.2) is 30.2 Å². The second-order valence-corrected chi connectivity index (χ2v) is 7.57.